The van der Waals surface area contributed by atoms with Gasteiger partial charge in [-0.15, -0.1) is 0 Å². The molecule has 4 rings (SSSR count). The number of esters is 1. The zero-order valence-electron chi connectivity index (χ0n) is 19.1. The van der Waals surface area contributed by atoms with Gasteiger partial charge in [0, 0.05) is 0 Å². The number of nitrogens with zero attached hydrogens (tertiary/aromatic N) is 3. The molecule has 172 valence electrons. The van der Waals surface area contributed by atoms with Crippen molar-refractivity contribution in [1.29, 1.82) is 5.26 Å². The Morgan fingerprint density at radius 2 is 2.00 bits per heavy atom. The Morgan fingerprint density at radius 1 is 1.24 bits per heavy atom. The van der Waals surface area contributed by atoms with Crippen LogP contribution < -0.4 is 19.6 Å². The molecule has 1 atom stereocenters. The molecule has 2 aromatic carbocycles. The van der Waals surface area contributed by atoms with Crippen molar-refractivity contribution < 1.29 is 14.3 Å². The Balaban J connectivity index is 1.88. The van der Waals surface area contributed by atoms with Crippen LogP contribution in [0.5, 0.6) is 5.75 Å². The van der Waals surface area contributed by atoms with Gasteiger partial charge in [-0.05, 0) is 50.1 Å². The molecule has 8 heteroatoms. The number of hydrogen-bond donors (Lipinski definition) is 0. The number of thiazole rings is 1. The molecule has 0 spiro atoms. The maximum Gasteiger partial charge on any atom is 0.338 e. The highest BCUT2D eigenvalue weighted by Gasteiger charge is 2.33. The van der Waals surface area contributed by atoms with Crippen molar-refractivity contribution in [1.82, 2.24) is 4.57 Å². The Bertz CT molecular complexity index is 1490. The summed E-state index contributed by atoms with van der Waals surface area (Å²) in [6, 6.07) is 16.2. The number of aromatic nitrogens is 1. The lowest BCUT2D eigenvalue weighted by atomic mass is 9.95. The van der Waals surface area contributed by atoms with Gasteiger partial charge in [0.05, 0.1) is 28.5 Å². The second kappa shape index (κ2) is 9.89. The van der Waals surface area contributed by atoms with Crippen molar-refractivity contribution in [2.75, 3.05) is 13.2 Å². The van der Waals surface area contributed by atoms with Crippen LogP contribution in [0.1, 0.15) is 36.6 Å². The lowest BCUT2D eigenvalue weighted by Crippen LogP contribution is -2.39. The van der Waals surface area contributed by atoms with Crippen LogP contribution in [0.2, 0.25) is 0 Å². The normalized spacial score (nSPS) is 15.4. The first-order valence-corrected chi connectivity index (χ1v) is 11.6. The van der Waals surface area contributed by atoms with Gasteiger partial charge < -0.3 is 9.47 Å². The first-order chi connectivity index (χ1) is 16.4. The molecule has 0 bridgehead atoms. The minimum Gasteiger partial charge on any atom is -0.479 e. The average Bonchev–Trinajstić information content (AvgIpc) is 3.12. The van der Waals surface area contributed by atoms with Crippen LogP contribution in [0, 0.1) is 18.3 Å². The molecule has 1 aliphatic rings. The van der Waals surface area contributed by atoms with Crippen LogP contribution in [0.4, 0.5) is 0 Å². The summed E-state index contributed by atoms with van der Waals surface area (Å²) >= 11 is 1.26. The molecular formula is C26H23N3O4S. The number of benzene rings is 2. The van der Waals surface area contributed by atoms with Gasteiger partial charge in [0.25, 0.3) is 5.56 Å². The molecule has 0 saturated heterocycles. The highest BCUT2D eigenvalue weighted by Crippen LogP contribution is 2.30. The number of carbonyl (C=O) groups excluding carboxylic acids is 1. The van der Waals surface area contributed by atoms with Gasteiger partial charge in [-0.3, -0.25) is 9.36 Å². The number of hydrogen-bond acceptors (Lipinski definition) is 7. The minimum atomic E-state index is -0.636. The van der Waals surface area contributed by atoms with Crippen LogP contribution in [0.3, 0.4) is 0 Å². The maximum absolute atomic E-state index is 13.6. The molecule has 0 fully saturated rings. The third-order valence-corrected chi connectivity index (χ3v) is 6.35. The summed E-state index contributed by atoms with van der Waals surface area (Å²) in [6.07, 6.45) is 1.76. The smallest absolute Gasteiger partial charge is 0.338 e. The quantitative estimate of drug-likeness (QED) is 0.513. The number of ether oxygens (including phenoxy) is 2. The molecule has 2 heterocycles. The third-order valence-electron chi connectivity index (χ3n) is 5.37. The van der Waals surface area contributed by atoms with E-state index < -0.39 is 12.0 Å². The Kier molecular flexibility index (Phi) is 6.75. The minimum absolute atomic E-state index is 0.0574. The lowest BCUT2D eigenvalue weighted by Gasteiger charge is -2.24. The van der Waals surface area contributed by atoms with Gasteiger partial charge in [0.1, 0.15) is 11.8 Å². The van der Waals surface area contributed by atoms with Crippen LogP contribution in [0.15, 0.2) is 69.6 Å². The van der Waals surface area contributed by atoms with Crippen molar-refractivity contribution in [3.05, 3.63) is 96.2 Å². The van der Waals surface area contributed by atoms with Crippen LogP contribution in [0.25, 0.3) is 6.08 Å². The van der Waals surface area contributed by atoms with Crippen molar-refractivity contribution in [3.63, 3.8) is 0 Å². The summed E-state index contributed by atoms with van der Waals surface area (Å²) in [5, 5.41) is 8.74. The highest BCUT2D eigenvalue weighted by molar-refractivity contribution is 7.07. The molecular weight excluding hydrogens is 450 g/mol. The SMILES string of the molecule is CCOC(=O)C1=C(C)N=c2s/c(=C\c3cccc(OCC#N)c3)c(=O)n2[C@@H]1c1ccc(C)cc1. The van der Waals surface area contributed by atoms with Crippen LogP contribution in [-0.4, -0.2) is 23.8 Å². The molecule has 0 amide bonds. The van der Waals surface area contributed by atoms with Crippen molar-refractivity contribution >= 4 is 23.4 Å². The van der Waals surface area contributed by atoms with E-state index in [2.05, 4.69) is 4.99 Å². The van der Waals surface area contributed by atoms with E-state index in [0.717, 1.165) is 16.7 Å². The average molecular weight is 474 g/mol. The van der Waals surface area contributed by atoms with E-state index in [-0.39, 0.29) is 18.8 Å². The summed E-state index contributed by atoms with van der Waals surface area (Å²) in [6.45, 7) is 5.67. The summed E-state index contributed by atoms with van der Waals surface area (Å²) in [5.74, 6) is 0.0620. The summed E-state index contributed by atoms with van der Waals surface area (Å²) < 4.78 is 12.7. The van der Waals surface area contributed by atoms with E-state index in [1.165, 1.54) is 11.3 Å². The predicted molar refractivity (Wildman–Crippen MR) is 129 cm³/mol. The number of allylic oxidation sites excluding steroid dienone is 1. The van der Waals surface area contributed by atoms with E-state index in [0.29, 0.717) is 26.4 Å². The lowest BCUT2D eigenvalue weighted by molar-refractivity contribution is -0.139. The van der Waals surface area contributed by atoms with Crippen LogP contribution >= 0.6 is 11.3 Å². The van der Waals surface area contributed by atoms with Gasteiger partial charge in [0.2, 0.25) is 0 Å². The fraction of sp³-hybridized carbons (Fsp3) is 0.231. The van der Waals surface area contributed by atoms with Gasteiger partial charge in [0.15, 0.2) is 11.4 Å². The Labute approximate surface area is 200 Å². The van der Waals surface area contributed by atoms with E-state index in [4.69, 9.17) is 14.7 Å². The predicted octanol–water partition coefficient (Wildman–Crippen LogP) is 3.01. The van der Waals surface area contributed by atoms with Crippen LogP contribution in [-0.2, 0) is 9.53 Å². The van der Waals surface area contributed by atoms with Crippen molar-refractivity contribution in [2.24, 2.45) is 4.99 Å². The first-order valence-electron chi connectivity index (χ1n) is 10.8. The largest absolute Gasteiger partial charge is 0.479 e. The van der Waals surface area contributed by atoms with Crippen molar-refractivity contribution in [2.45, 2.75) is 26.8 Å². The number of carbonyl (C=O) groups is 1. The first kappa shape index (κ1) is 23.2. The van der Waals surface area contributed by atoms with E-state index in [9.17, 15) is 9.59 Å². The van der Waals surface area contributed by atoms with Gasteiger partial charge >= 0.3 is 5.97 Å². The summed E-state index contributed by atoms with van der Waals surface area (Å²) in [7, 11) is 0. The third kappa shape index (κ3) is 4.56. The zero-order chi connectivity index (χ0) is 24.2. The molecule has 0 unspecified atom stereocenters. The molecule has 1 aliphatic heterocycles. The standard InChI is InChI=1S/C26H23N3O4S/c1-4-32-25(31)22-17(3)28-26-29(23(22)19-10-8-16(2)9-11-19)24(30)21(34-26)15-18-6-5-7-20(14-18)33-13-12-27/h5-11,14-15,23H,4,13H2,1-3H3/b21-15-/t23-/m1/s1. The molecule has 7 nitrogen and oxygen atoms in total. The molecule has 1 aromatic heterocycles. The van der Waals surface area contributed by atoms with Gasteiger partial charge in [-0.1, -0.05) is 53.3 Å². The maximum atomic E-state index is 13.6. The monoisotopic (exact) mass is 473 g/mol. The molecule has 0 radical (unpaired) electrons. The molecule has 3 aromatic rings. The molecule has 0 saturated carbocycles. The highest BCUT2D eigenvalue weighted by atomic mass is 32.1. The van der Waals surface area contributed by atoms with E-state index in [1.54, 1.807) is 42.7 Å². The Hall–Kier alpha value is -3.96. The van der Waals surface area contributed by atoms with E-state index in [1.807, 2.05) is 43.3 Å². The fourth-order valence-electron chi connectivity index (χ4n) is 3.82. The topological polar surface area (TPSA) is 93.7 Å². The molecule has 34 heavy (non-hydrogen) atoms. The van der Waals surface area contributed by atoms with Crippen molar-refractivity contribution in [3.8, 4) is 11.8 Å². The van der Waals surface area contributed by atoms with Gasteiger partial charge in [-0.25, -0.2) is 9.79 Å². The Morgan fingerprint density at radius 3 is 2.71 bits per heavy atom. The summed E-state index contributed by atoms with van der Waals surface area (Å²) in [5.41, 5.74) is 3.29. The van der Waals surface area contributed by atoms with E-state index >= 15 is 0 Å². The number of fused-ring (bicyclic) bond motifs is 1. The summed E-state index contributed by atoms with van der Waals surface area (Å²) in [4.78, 5) is 31.6. The van der Waals surface area contributed by atoms with Gasteiger partial charge in [-0.2, -0.15) is 5.26 Å². The fourth-order valence-corrected chi connectivity index (χ4v) is 4.86. The second-order valence-corrected chi connectivity index (χ2v) is 8.74. The second-order valence-electron chi connectivity index (χ2n) is 7.73. The number of aryl methyl sites for hydroxylation is 1. The molecule has 0 N–H and O–H groups in total. The molecule has 0 aliphatic carbocycles. The number of nitriles is 1. The zero-order valence-corrected chi connectivity index (χ0v) is 19.9. The number of rotatable bonds is 6.